The lowest BCUT2D eigenvalue weighted by atomic mass is 9.88. The highest BCUT2D eigenvalue weighted by Gasteiger charge is 2.28. The van der Waals surface area contributed by atoms with Gasteiger partial charge in [-0.15, -0.1) is 0 Å². The highest BCUT2D eigenvalue weighted by molar-refractivity contribution is 5.79. The molecule has 0 spiro atoms. The van der Waals surface area contributed by atoms with Gasteiger partial charge in [0.05, 0.1) is 0 Å². The molecule has 1 unspecified atom stereocenters. The largest absolute Gasteiger partial charge is 0.370 e. The Morgan fingerprint density at radius 3 is 2.71 bits per heavy atom. The van der Waals surface area contributed by atoms with Gasteiger partial charge in [-0.2, -0.15) is 4.98 Å². The fourth-order valence-electron chi connectivity index (χ4n) is 2.51. The maximum atomic E-state index is 11.2. The summed E-state index contributed by atoms with van der Waals surface area (Å²) in [6.45, 7) is 0.784. The van der Waals surface area contributed by atoms with Crippen LogP contribution in [0.3, 0.4) is 0 Å². The van der Waals surface area contributed by atoms with Crippen LogP contribution in [0.5, 0.6) is 0 Å². The summed E-state index contributed by atoms with van der Waals surface area (Å²) in [5.41, 5.74) is 0. The van der Waals surface area contributed by atoms with Crippen molar-refractivity contribution < 1.29 is 14.1 Å². The first kappa shape index (κ1) is 10.9. The molecule has 3 rings (SSSR count). The monoisotopic (exact) mass is 236 g/mol. The SMILES string of the molecule is O=C1CCC(c2nc(C3CCCO3)no2)CC1. The average molecular weight is 236 g/mol. The van der Waals surface area contributed by atoms with Crippen molar-refractivity contribution in [3.63, 3.8) is 0 Å². The van der Waals surface area contributed by atoms with Crippen LogP contribution in [0.4, 0.5) is 0 Å². The van der Waals surface area contributed by atoms with E-state index in [0.29, 0.717) is 30.3 Å². The van der Waals surface area contributed by atoms with Gasteiger partial charge in [0.25, 0.3) is 0 Å². The Morgan fingerprint density at radius 2 is 2.00 bits per heavy atom. The van der Waals surface area contributed by atoms with Crippen LogP contribution in [0, 0.1) is 0 Å². The molecule has 17 heavy (non-hydrogen) atoms. The standard InChI is InChI=1S/C12H16N2O3/c15-9-5-3-8(4-6-9)12-13-11(14-17-12)10-2-1-7-16-10/h8,10H,1-7H2. The zero-order valence-electron chi connectivity index (χ0n) is 9.72. The summed E-state index contributed by atoms with van der Waals surface area (Å²) in [6.07, 6.45) is 5.01. The van der Waals surface area contributed by atoms with Gasteiger partial charge in [-0.3, -0.25) is 4.79 Å². The van der Waals surface area contributed by atoms with Crippen LogP contribution < -0.4 is 0 Å². The van der Waals surface area contributed by atoms with E-state index in [2.05, 4.69) is 10.1 Å². The minimum absolute atomic E-state index is 0.0118. The minimum Gasteiger partial charge on any atom is -0.370 e. The maximum absolute atomic E-state index is 11.2. The van der Waals surface area contributed by atoms with E-state index in [1.54, 1.807) is 0 Å². The Morgan fingerprint density at radius 1 is 1.18 bits per heavy atom. The normalized spacial score (nSPS) is 26.6. The third kappa shape index (κ3) is 2.24. The molecule has 5 nitrogen and oxygen atoms in total. The zero-order chi connectivity index (χ0) is 11.7. The number of ether oxygens (including phenoxy) is 1. The van der Waals surface area contributed by atoms with Crippen molar-refractivity contribution in [3.05, 3.63) is 11.7 Å². The molecule has 2 aliphatic rings. The number of hydrogen-bond donors (Lipinski definition) is 0. The van der Waals surface area contributed by atoms with E-state index < -0.39 is 0 Å². The van der Waals surface area contributed by atoms with Gasteiger partial charge in [-0.1, -0.05) is 5.16 Å². The van der Waals surface area contributed by atoms with Gasteiger partial charge in [-0.25, -0.2) is 0 Å². The van der Waals surface area contributed by atoms with E-state index in [1.807, 2.05) is 0 Å². The number of nitrogens with zero attached hydrogens (tertiary/aromatic N) is 2. The Labute approximate surface area is 99.5 Å². The molecule has 1 saturated carbocycles. The fourth-order valence-corrected chi connectivity index (χ4v) is 2.51. The summed E-state index contributed by atoms with van der Waals surface area (Å²) in [6, 6.07) is 0. The summed E-state index contributed by atoms with van der Waals surface area (Å²) in [4.78, 5) is 15.6. The molecule has 0 aromatic carbocycles. The summed E-state index contributed by atoms with van der Waals surface area (Å²) >= 11 is 0. The lowest BCUT2D eigenvalue weighted by Gasteiger charge is -2.16. The highest BCUT2D eigenvalue weighted by Crippen LogP contribution is 2.32. The first-order chi connectivity index (χ1) is 8.33. The van der Waals surface area contributed by atoms with Crippen molar-refractivity contribution >= 4 is 5.78 Å². The Bertz CT molecular complexity index is 400. The van der Waals surface area contributed by atoms with Crippen molar-refractivity contribution in [2.45, 2.75) is 50.5 Å². The van der Waals surface area contributed by atoms with E-state index in [4.69, 9.17) is 9.26 Å². The zero-order valence-corrected chi connectivity index (χ0v) is 9.72. The third-order valence-electron chi connectivity index (χ3n) is 3.57. The Kier molecular flexibility index (Phi) is 2.93. The molecule has 0 bridgehead atoms. The molecule has 0 amide bonds. The molecule has 2 fully saturated rings. The van der Waals surface area contributed by atoms with E-state index in [0.717, 1.165) is 32.3 Å². The molecule has 1 atom stereocenters. The predicted octanol–water partition coefficient (Wildman–Crippen LogP) is 2.15. The number of rotatable bonds is 2. The molecule has 2 heterocycles. The molecular weight excluding hydrogens is 220 g/mol. The number of ketones is 1. The quantitative estimate of drug-likeness (QED) is 0.787. The van der Waals surface area contributed by atoms with Crippen molar-refractivity contribution in [1.29, 1.82) is 0 Å². The third-order valence-corrected chi connectivity index (χ3v) is 3.57. The maximum Gasteiger partial charge on any atom is 0.229 e. The molecule has 1 aliphatic heterocycles. The lowest BCUT2D eigenvalue weighted by molar-refractivity contribution is -0.120. The number of carbonyl (C=O) groups excluding carboxylic acids is 1. The Balaban J connectivity index is 1.69. The minimum atomic E-state index is 0.0118. The van der Waals surface area contributed by atoms with Crippen molar-refractivity contribution in [2.75, 3.05) is 6.61 Å². The highest BCUT2D eigenvalue weighted by atomic mass is 16.5. The molecule has 1 saturated heterocycles. The van der Waals surface area contributed by atoms with Gasteiger partial charge in [0.2, 0.25) is 11.7 Å². The molecule has 1 aliphatic carbocycles. The van der Waals surface area contributed by atoms with E-state index in [1.165, 1.54) is 0 Å². The van der Waals surface area contributed by atoms with Gasteiger partial charge in [0.15, 0.2) is 0 Å². The van der Waals surface area contributed by atoms with Crippen LogP contribution in [-0.4, -0.2) is 22.5 Å². The molecule has 0 N–H and O–H groups in total. The van der Waals surface area contributed by atoms with Crippen molar-refractivity contribution in [2.24, 2.45) is 0 Å². The van der Waals surface area contributed by atoms with Crippen molar-refractivity contribution in [1.82, 2.24) is 10.1 Å². The first-order valence-corrected chi connectivity index (χ1v) is 6.30. The molecule has 1 aromatic heterocycles. The molecular formula is C12H16N2O3. The Hall–Kier alpha value is -1.23. The van der Waals surface area contributed by atoms with E-state index in [9.17, 15) is 4.79 Å². The molecule has 92 valence electrons. The second-order valence-electron chi connectivity index (χ2n) is 4.81. The van der Waals surface area contributed by atoms with Gasteiger partial charge >= 0.3 is 0 Å². The van der Waals surface area contributed by atoms with Gasteiger partial charge < -0.3 is 9.26 Å². The number of carbonyl (C=O) groups is 1. The van der Waals surface area contributed by atoms with Crippen LogP contribution in [0.1, 0.15) is 62.3 Å². The molecule has 0 radical (unpaired) electrons. The second kappa shape index (κ2) is 4.56. The predicted molar refractivity (Wildman–Crippen MR) is 58.4 cm³/mol. The number of hydrogen-bond acceptors (Lipinski definition) is 5. The first-order valence-electron chi connectivity index (χ1n) is 6.30. The van der Waals surface area contributed by atoms with Crippen molar-refractivity contribution in [3.8, 4) is 0 Å². The van der Waals surface area contributed by atoms with Gasteiger partial charge in [-0.05, 0) is 25.7 Å². The van der Waals surface area contributed by atoms with Crippen LogP contribution in [0.15, 0.2) is 4.52 Å². The summed E-state index contributed by atoms with van der Waals surface area (Å²) in [5, 5.41) is 4.00. The number of Topliss-reactive ketones (excluding diaryl/α,β-unsaturated/α-hetero) is 1. The second-order valence-corrected chi connectivity index (χ2v) is 4.81. The van der Waals surface area contributed by atoms with E-state index >= 15 is 0 Å². The number of aromatic nitrogens is 2. The van der Waals surface area contributed by atoms with Crippen LogP contribution in [-0.2, 0) is 9.53 Å². The van der Waals surface area contributed by atoms with Crippen LogP contribution in [0.25, 0.3) is 0 Å². The summed E-state index contributed by atoms with van der Waals surface area (Å²) in [5.74, 6) is 1.97. The fraction of sp³-hybridized carbons (Fsp3) is 0.750. The average Bonchev–Trinajstić information content (AvgIpc) is 3.00. The molecule has 5 heteroatoms. The van der Waals surface area contributed by atoms with Gasteiger partial charge in [0.1, 0.15) is 11.9 Å². The van der Waals surface area contributed by atoms with Gasteiger partial charge in [0, 0.05) is 25.4 Å². The summed E-state index contributed by atoms with van der Waals surface area (Å²) in [7, 11) is 0. The topological polar surface area (TPSA) is 65.2 Å². The smallest absolute Gasteiger partial charge is 0.229 e. The molecule has 1 aromatic rings. The van der Waals surface area contributed by atoms with E-state index in [-0.39, 0.29) is 12.0 Å². The van der Waals surface area contributed by atoms with Crippen LogP contribution >= 0.6 is 0 Å². The lowest BCUT2D eigenvalue weighted by Crippen LogP contribution is -2.12. The van der Waals surface area contributed by atoms with Crippen LogP contribution in [0.2, 0.25) is 0 Å². The summed E-state index contributed by atoms with van der Waals surface area (Å²) < 4.78 is 10.8.